The molecular formula is C14H32N4. The summed E-state index contributed by atoms with van der Waals surface area (Å²) in [5.74, 6) is 0. The second-order valence-corrected chi connectivity index (χ2v) is 5.69. The van der Waals surface area contributed by atoms with Crippen molar-refractivity contribution >= 4 is 0 Å². The molecule has 2 N–H and O–H groups in total. The first-order valence-corrected chi connectivity index (χ1v) is 7.52. The summed E-state index contributed by atoms with van der Waals surface area (Å²) in [6.45, 7) is 9.54. The molecule has 1 heterocycles. The maximum Gasteiger partial charge on any atom is 0.0110 e. The minimum absolute atomic E-state index is 0.846. The molecule has 0 saturated carbocycles. The lowest BCUT2D eigenvalue weighted by Gasteiger charge is -2.23. The Morgan fingerprint density at radius 3 is 2.17 bits per heavy atom. The van der Waals surface area contributed by atoms with Gasteiger partial charge in [0.2, 0.25) is 0 Å². The fourth-order valence-corrected chi connectivity index (χ4v) is 2.47. The standard InChI is InChI=1S/C14H32N4/c1-16(2)11-12-18-10-6-9-17(13-14-18)8-5-3-4-7-15/h3-15H2,1-2H3. The maximum atomic E-state index is 5.52. The molecule has 1 rings (SSSR count). The zero-order valence-electron chi connectivity index (χ0n) is 12.4. The lowest BCUT2D eigenvalue weighted by molar-refractivity contribution is 0.234. The zero-order chi connectivity index (χ0) is 13.2. The second-order valence-electron chi connectivity index (χ2n) is 5.69. The quantitative estimate of drug-likeness (QED) is 0.648. The molecule has 0 spiro atoms. The first-order valence-electron chi connectivity index (χ1n) is 7.52. The Bertz CT molecular complexity index is 196. The van der Waals surface area contributed by atoms with E-state index in [1.165, 1.54) is 71.5 Å². The van der Waals surface area contributed by atoms with Gasteiger partial charge in [0.1, 0.15) is 0 Å². The Hall–Kier alpha value is -0.160. The van der Waals surface area contributed by atoms with Gasteiger partial charge >= 0.3 is 0 Å². The molecule has 1 fully saturated rings. The van der Waals surface area contributed by atoms with Crippen LogP contribution in [0.1, 0.15) is 25.7 Å². The smallest absolute Gasteiger partial charge is 0.0110 e. The van der Waals surface area contributed by atoms with Gasteiger partial charge in [0.25, 0.3) is 0 Å². The lowest BCUT2D eigenvalue weighted by atomic mass is 10.2. The number of nitrogens with two attached hydrogens (primary N) is 1. The van der Waals surface area contributed by atoms with E-state index in [9.17, 15) is 0 Å². The summed E-state index contributed by atoms with van der Waals surface area (Å²) in [7, 11) is 4.31. The molecule has 0 aliphatic carbocycles. The number of hydrogen-bond acceptors (Lipinski definition) is 4. The summed E-state index contributed by atoms with van der Waals surface area (Å²) in [5.41, 5.74) is 5.52. The molecule has 108 valence electrons. The van der Waals surface area contributed by atoms with Crippen LogP contribution in [0.15, 0.2) is 0 Å². The number of likely N-dealkylation sites (N-methyl/N-ethyl adjacent to an activating group) is 1. The molecule has 0 amide bonds. The van der Waals surface area contributed by atoms with Crippen LogP contribution in [0.5, 0.6) is 0 Å². The molecule has 4 nitrogen and oxygen atoms in total. The van der Waals surface area contributed by atoms with Gasteiger partial charge in [-0.3, -0.25) is 0 Å². The summed E-state index contributed by atoms with van der Waals surface area (Å²) in [6, 6.07) is 0. The SMILES string of the molecule is CN(C)CCN1CCCN(CCCCCN)CC1. The van der Waals surface area contributed by atoms with Crippen LogP contribution in [0, 0.1) is 0 Å². The summed E-state index contributed by atoms with van der Waals surface area (Å²) < 4.78 is 0. The van der Waals surface area contributed by atoms with E-state index in [0.29, 0.717) is 0 Å². The van der Waals surface area contributed by atoms with E-state index in [-0.39, 0.29) is 0 Å². The average molecular weight is 256 g/mol. The van der Waals surface area contributed by atoms with Gasteiger partial charge in [0.05, 0.1) is 0 Å². The van der Waals surface area contributed by atoms with Gasteiger partial charge in [-0.25, -0.2) is 0 Å². The third-order valence-corrected chi connectivity index (χ3v) is 3.72. The fraction of sp³-hybridized carbons (Fsp3) is 1.00. The van der Waals surface area contributed by atoms with Crippen molar-refractivity contribution in [1.29, 1.82) is 0 Å². The zero-order valence-corrected chi connectivity index (χ0v) is 12.4. The molecule has 18 heavy (non-hydrogen) atoms. The third-order valence-electron chi connectivity index (χ3n) is 3.72. The van der Waals surface area contributed by atoms with Gasteiger partial charge in [0, 0.05) is 26.2 Å². The first kappa shape index (κ1) is 15.9. The number of nitrogens with zero attached hydrogens (tertiary/aromatic N) is 3. The van der Waals surface area contributed by atoms with Crippen LogP contribution >= 0.6 is 0 Å². The molecule has 1 aliphatic heterocycles. The second kappa shape index (κ2) is 9.73. The van der Waals surface area contributed by atoms with Crippen molar-refractivity contribution in [3.63, 3.8) is 0 Å². The molecule has 0 unspecified atom stereocenters. The van der Waals surface area contributed by atoms with Crippen LogP contribution < -0.4 is 5.73 Å². The Balaban J connectivity index is 2.12. The van der Waals surface area contributed by atoms with E-state index in [0.717, 1.165) is 6.54 Å². The van der Waals surface area contributed by atoms with Crippen molar-refractivity contribution < 1.29 is 0 Å². The molecule has 1 aliphatic rings. The first-order chi connectivity index (χ1) is 8.72. The van der Waals surface area contributed by atoms with Crippen molar-refractivity contribution in [2.75, 3.05) is 66.5 Å². The minimum atomic E-state index is 0.846. The van der Waals surface area contributed by atoms with Crippen molar-refractivity contribution in [3.05, 3.63) is 0 Å². The molecule has 0 atom stereocenters. The van der Waals surface area contributed by atoms with Crippen LogP contribution in [0.4, 0.5) is 0 Å². The highest BCUT2D eigenvalue weighted by molar-refractivity contribution is 4.70. The highest BCUT2D eigenvalue weighted by Gasteiger charge is 2.13. The van der Waals surface area contributed by atoms with Crippen LogP contribution in [0.25, 0.3) is 0 Å². The normalized spacial score (nSPS) is 19.3. The van der Waals surface area contributed by atoms with Gasteiger partial charge in [-0.1, -0.05) is 6.42 Å². The monoisotopic (exact) mass is 256 g/mol. The topological polar surface area (TPSA) is 35.7 Å². The van der Waals surface area contributed by atoms with E-state index < -0.39 is 0 Å². The van der Waals surface area contributed by atoms with E-state index in [2.05, 4.69) is 28.8 Å². The van der Waals surface area contributed by atoms with E-state index in [4.69, 9.17) is 5.73 Å². The van der Waals surface area contributed by atoms with Crippen molar-refractivity contribution in [3.8, 4) is 0 Å². The van der Waals surface area contributed by atoms with Crippen LogP contribution in [0.3, 0.4) is 0 Å². The van der Waals surface area contributed by atoms with E-state index >= 15 is 0 Å². The van der Waals surface area contributed by atoms with Crippen LogP contribution in [-0.4, -0.2) is 81.2 Å². The van der Waals surface area contributed by atoms with Crippen LogP contribution in [-0.2, 0) is 0 Å². The Kier molecular flexibility index (Phi) is 8.59. The summed E-state index contributed by atoms with van der Waals surface area (Å²) in [4.78, 5) is 7.52. The summed E-state index contributed by atoms with van der Waals surface area (Å²) in [6.07, 6.45) is 5.11. The number of unbranched alkanes of at least 4 members (excludes halogenated alkanes) is 2. The molecule has 4 heteroatoms. The summed E-state index contributed by atoms with van der Waals surface area (Å²) in [5, 5.41) is 0. The Labute approximate surface area is 113 Å². The summed E-state index contributed by atoms with van der Waals surface area (Å²) >= 11 is 0. The Morgan fingerprint density at radius 2 is 1.56 bits per heavy atom. The van der Waals surface area contributed by atoms with Gasteiger partial charge in [-0.15, -0.1) is 0 Å². The van der Waals surface area contributed by atoms with Crippen molar-refractivity contribution in [2.24, 2.45) is 5.73 Å². The maximum absolute atomic E-state index is 5.52. The average Bonchev–Trinajstić information content (AvgIpc) is 2.57. The van der Waals surface area contributed by atoms with Gasteiger partial charge in [-0.2, -0.15) is 0 Å². The van der Waals surface area contributed by atoms with Crippen molar-refractivity contribution in [1.82, 2.24) is 14.7 Å². The molecule has 0 aromatic heterocycles. The molecule has 1 saturated heterocycles. The van der Waals surface area contributed by atoms with E-state index in [1.807, 2.05) is 0 Å². The highest BCUT2D eigenvalue weighted by Crippen LogP contribution is 2.05. The molecule has 0 aromatic carbocycles. The fourth-order valence-electron chi connectivity index (χ4n) is 2.47. The van der Waals surface area contributed by atoms with E-state index in [1.54, 1.807) is 0 Å². The molecule has 0 aromatic rings. The van der Waals surface area contributed by atoms with Crippen LogP contribution in [0.2, 0.25) is 0 Å². The molecule has 0 radical (unpaired) electrons. The molecule has 0 bridgehead atoms. The van der Waals surface area contributed by atoms with Gasteiger partial charge < -0.3 is 20.4 Å². The third kappa shape index (κ3) is 7.31. The highest BCUT2D eigenvalue weighted by atomic mass is 15.2. The van der Waals surface area contributed by atoms with Gasteiger partial charge in [0.15, 0.2) is 0 Å². The van der Waals surface area contributed by atoms with Crippen molar-refractivity contribution in [2.45, 2.75) is 25.7 Å². The predicted octanol–water partition coefficient (Wildman–Crippen LogP) is 0.685. The van der Waals surface area contributed by atoms with Gasteiger partial charge in [-0.05, 0) is 59.5 Å². The largest absolute Gasteiger partial charge is 0.330 e. The lowest BCUT2D eigenvalue weighted by Crippen LogP contribution is -2.35. The number of rotatable bonds is 8. The predicted molar refractivity (Wildman–Crippen MR) is 79.0 cm³/mol. The molecular weight excluding hydrogens is 224 g/mol. The minimum Gasteiger partial charge on any atom is -0.330 e. The number of hydrogen-bond donors (Lipinski definition) is 1. The Morgan fingerprint density at radius 1 is 0.889 bits per heavy atom.